The number of rotatable bonds is 9. The average Bonchev–Trinajstić information content (AvgIpc) is 3.55. The molecule has 34 heavy (non-hydrogen) atoms. The summed E-state index contributed by atoms with van der Waals surface area (Å²) < 4.78 is 10.6. The summed E-state index contributed by atoms with van der Waals surface area (Å²) in [5.41, 5.74) is 3.10. The predicted octanol–water partition coefficient (Wildman–Crippen LogP) is 4.55. The van der Waals surface area contributed by atoms with Crippen LogP contribution in [0.15, 0.2) is 59.1 Å². The van der Waals surface area contributed by atoms with E-state index in [-0.39, 0.29) is 23.6 Å². The zero-order chi connectivity index (χ0) is 23.9. The quantitative estimate of drug-likeness (QED) is 0.505. The Hall–Kier alpha value is -3.61. The van der Waals surface area contributed by atoms with Crippen molar-refractivity contribution in [2.75, 3.05) is 13.7 Å². The van der Waals surface area contributed by atoms with Crippen LogP contribution in [0.1, 0.15) is 63.4 Å². The number of hydrogen-bond acceptors (Lipinski definition) is 5. The Kier molecular flexibility index (Phi) is 7.62. The number of aryl methyl sites for hydroxylation is 1. The highest BCUT2D eigenvalue weighted by molar-refractivity contribution is 5.94. The van der Waals surface area contributed by atoms with E-state index < -0.39 is 0 Å². The highest BCUT2D eigenvalue weighted by Crippen LogP contribution is 2.27. The van der Waals surface area contributed by atoms with Gasteiger partial charge in [0.05, 0.1) is 13.7 Å². The highest BCUT2D eigenvalue weighted by atomic mass is 16.5. The molecule has 1 saturated carbocycles. The third-order valence-corrected chi connectivity index (χ3v) is 6.30. The molecule has 0 spiro atoms. The first kappa shape index (κ1) is 23.5. The van der Waals surface area contributed by atoms with E-state index in [0.717, 1.165) is 42.6 Å². The van der Waals surface area contributed by atoms with Gasteiger partial charge in [0.1, 0.15) is 5.75 Å². The summed E-state index contributed by atoms with van der Waals surface area (Å²) in [5, 5.41) is 6.82. The Morgan fingerprint density at radius 3 is 2.47 bits per heavy atom. The summed E-state index contributed by atoms with van der Waals surface area (Å²) >= 11 is 0. The van der Waals surface area contributed by atoms with Crippen molar-refractivity contribution in [1.29, 1.82) is 0 Å². The zero-order valence-electron chi connectivity index (χ0n) is 19.8. The third kappa shape index (κ3) is 5.84. The van der Waals surface area contributed by atoms with Crippen LogP contribution >= 0.6 is 0 Å². The molecule has 4 rings (SSSR count). The van der Waals surface area contributed by atoms with Crippen LogP contribution in [0, 0.1) is 6.92 Å². The minimum atomic E-state index is -0.291. The molecular formula is C27H31N3O4. The Morgan fingerprint density at radius 1 is 1.09 bits per heavy atom. The number of aromatic nitrogens is 1. The van der Waals surface area contributed by atoms with Gasteiger partial charge in [0.2, 0.25) is 0 Å². The molecule has 1 N–H and O–H groups in total. The van der Waals surface area contributed by atoms with E-state index in [4.69, 9.17) is 9.26 Å². The third-order valence-electron chi connectivity index (χ3n) is 6.30. The van der Waals surface area contributed by atoms with Crippen molar-refractivity contribution in [1.82, 2.24) is 15.4 Å². The van der Waals surface area contributed by atoms with Gasteiger partial charge in [-0.15, -0.1) is 0 Å². The van der Waals surface area contributed by atoms with Crippen LogP contribution < -0.4 is 10.1 Å². The molecule has 0 radical (unpaired) electrons. The number of benzene rings is 2. The SMILES string of the molecule is COc1ccc(CCNC(=O)c2cc(CN(C(=O)c3ccc(C)cc3)C3CCCC3)on2)cc1. The Balaban J connectivity index is 1.37. The first-order valence-electron chi connectivity index (χ1n) is 11.8. The number of nitrogens with one attached hydrogen (secondary N) is 1. The van der Waals surface area contributed by atoms with Crippen LogP contribution in [0.2, 0.25) is 0 Å². The molecule has 3 aromatic rings. The molecule has 0 aliphatic heterocycles. The van der Waals surface area contributed by atoms with Crippen LogP contribution in [-0.4, -0.2) is 41.6 Å². The minimum Gasteiger partial charge on any atom is -0.497 e. The summed E-state index contributed by atoms with van der Waals surface area (Å²) in [6.07, 6.45) is 4.87. The van der Waals surface area contributed by atoms with E-state index >= 15 is 0 Å². The largest absolute Gasteiger partial charge is 0.497 e. The topological polar surface area (TPSA) is 84.7 Å². The molecule has 0 saturated heterocycles. The van der Waals surface area contributed by atoms with E-state index in [0.29, 0.717) is 30.8 Å². The maximum Gasteiger partial charge on any atom is 0.273 e. The molecular weight excluding hydrogens is 430 g/mol. The van der Waals surface area contributed by atoms with Gasteiger partial charge in [-0.1, -0.05) is 47.8 Å². The second kappa shape index (κ2) is 11.0. The van der Waals surface area contributed by atoms with Gasteiger partial charge >= 0.3 is 0 Å². The second-order valence-electron chi connectivity index (χ2n) is 8.77. The molecule has 0 atom stereocenters. The molecule has 2 aromatic carbocycles. The fourth-order valence-corrected chi connectivity index (χ4v) is 4.31. The number of ether oxygens (including phenoxy) is 1. The van der Waals surface area contributed by atoms with E-state index in [2.05, 4.69) is 10.5 Å². The van der Waals surface area contributed by atoms with Crippen LogP contribution in [0.3, 0.4) is 0 Å². The summed E-state index contributed by atoms with van der Waals surface area (Å²) in [6, 6.07) is 17.2. The molecule has 1 aliphatic rings. The van der Waals surface area contributed by atoms with Gasteiger partial charge in [0, 0.05) is 24.2 Å². The Morgan fingerprint density at radius 2 is 1.79 bits per heavy atom. The lowest BCUT2D eigenvalue weighted by Gasteiger charge is -2.28. The van der Waals surface area contributed by atoms with E-state index in [9.17, 15) is 9.59 Å². The monoisotopic (exact) mass is 461 g/mol. The maximum absolute atomic E-state index is 13.3. The van der Waals surface area contributed by atoms with Gasteiger partial charge in [-0.3, -0.25) is 9.59 Å². The van der Waals surface area contributed by atoms with Crippen molar-refractivity contribution in [3.63, 3.8) is 0 Å². The number of carbonyl (C=O) groups is 2. The number of hydrogen-bond donors (Lipinski definition) is 1. The van der Waals surface area contributed by atoms with Gasteiger partial charge in [0.15, 0.2) is 11.5 Å². The van der Waals surface area contributed by atoms with Crippen molar-refractivity contribution in [3.8, 4) is 5.75 Å². The first-order chi connectivity index (χ1) is 16.5. The lowest BCUT2D eigenvalue weighted by atomic mass is 10.1. The van der Waals surface area contributed by atoms with Gasteiger partial charge in [0.25, 0.3) is 11.8 Å². The number of methoxy groups -OCH3 is 1. The molecule has 1 aromatic heterocycles. The van der Waals surface area contributed by atoms with Crippen molar-refractivity contribution < 1.29 is 18.8 Å². The van der Waals surface area contributed by atoms with Crippen molar-refractivity contribution in [2.45, 2.75) is 51.6 Å². The fourth-order valence-electron chi connectivity index (χ4n) is 4.31. The van der Waals surface area contributed by atoms with E-state index in [1.54, 1.807) is 13.2 Å². The zero-order valence-corrected chi connectivity index (χ0v) is 19.8. The van der Waals surface area contributed by atoms with Gasteiger partial charge in [-0.2, -0.15) is 0 Å². The number of amides is 2. The molecule has 1 fully saturated rings. The minimum absolute atomic E-state index is 0.0196. The van der Waals surface area contributed by atoms with Gasteiger partial charge in [-0.25, -0.2) is 0 Å². The molecule has 2 amide bonds. The molecule has 1 aliphatic carbocycles. The molecule has 0 unspecified atom stereocenters. The van der Waals surface area contributed by atoms with Crippen molar-refractivity contribution >= 4 is 11.8 Å². The van der Waals surface area contributed by atoms with Gasteiger partial charge in [-0.05, 0) is 56.0 Å². The smallest absolute Gasteiger partial charge is 0.273 e. The first-order valence-corrected chi connectivity index (χ1v) is 11.8. The van der Waals surface area contributed by atoms with E-state index in [1.165, 1.54) is 0 Å². The molecule has 1 heterocycles. The molecule has 7 nitrogen and oxygen atoms in total. The maximum atomic E-state index is 13.3. The summed E-state index contributed by atoms with van der Waals surface area (Å²) in [6.45, 7) is 2.78. The van der Waals surface area contributed by atoms with Crippen LogP contribution in [-0.2, 0) is 13.0 Å². The van der Waals surface area contributed by atoms with Crippen molar-refractivity contribution in [3.05, 3.63) is 82.7 Å². The van der Waals surface area contributed by atoms with Crippen LogP contribution in [0.5, 0.6) is 5.75 Å². The molecule has 178 valence electrons. The fraction of sp³-hybridized carbons (Fsp3) is 0.370. The van der Waals surface area contributed by atoms with Crippen LogP contribution in [0.4, 0.5) is 0 Å². The molecule has 0 bridgehead atoms. The average molecular weight is 462 g/mol. The Bertz CT molecular complexity index is 1100. The summed E-state index contributed by atoms with van der Waals surface area (Å²) in [7, 11) is 1.63. The second-order valence-corrected chi connectivity index (χ2v) is 8.77. The summed E-state index contributed by atoms with van der Waals surface area (Å²) in [5.74, 6) is 0.998. The normalized spacial score (nSPS) is 13.6. The van der Waals surface area contributed by atoms with Crippen LogP contribution in [0.25, 0.3) is 0 Å². The predicted molar refractivity (Wildman–Crippen MR) is 129 cm³/mol. The highest BCUT2D eigenvalue weighted by Gasteiger charge is 2.29. The Labute approximate surface area is 200 Å². The van der Waals surface area contributed by atoms with Gasteiger partial charge < -0.3 is 19.5 Å². The summed E-state index contributed by atoms with van der Waals surface area (Å²) in [4.78, 5) is 27.7. The lowest BCUT2D eigenvalue weighted by Crippen LogP contribution is -2.38. The molecule has 7 heteroatoms. The number of carbonyl (C=O) groups excluding carboxylic acids is 2. The standard InChI is InChI=1S/C27H31N3O4/c1-19-7-11-21(12-8-19)27(32)30(22-5-3-4-6-22)18-24-17-25(29-34-24)26(31)28-16-15-20-9-13-23(33-2)14-10-20/h7-14,17,22H,3-6,15-16,18H2,1-2H3,(H,28,31). The number of nitrogens with zero attached hydrogens (tertiary/aromatic N) is 2. The van der Waals surface area contributed by atoms with E-state index in [1.807, 2.05) is 60.4 Å². The van der Waals surface area contributed by atoms with Crippen molar-refractivity contribution in [2.24, 2.45) is 0 Å². The lowest BCUT2D eigenvalue weighted by molar-refractivity contribution is 0.0643.